The molecule has 0 aromatic heterocycles. The van der Waals surface area contributed by atoms with Gasteiger partial charge in [0, 0.05) is 31.3 Å². The minimum Gasteiger partial charge on any atom is -0.444 e. The van der Waals surface area contributed by atoms with Gasteiger partial charge in [0.15, 0.2) is 0 Å². The molecule has 7 nitrogen and oxygen atoms in total. The van der Waals surface area contributed by atoms with Crippen molar-refractivity contribution in [2.45, 2.75) is 59.6 Å². The predicted molar refractivity (Wildman–Crippen MR) is 110 cm³/mol. The van der Waals surface area contributed by atoms with Crippen molar-refractivity contribution < 1.29 is 19.1 Å². The topological polar surface area (TPSA) is 96.5 Å². The number of nitrogens with one attached hydrogen (secondary N) is 3. The second-order valence-corrected chi connectivity index (χ2v) is 7.49. The lowest BCUT2D eigenvalue weighted by molar-refractivity contribution is -0.121. The van der Waals surface area contributed by atoms with Crippen molar-refractivity contribution in [3.8, 4) is 0 Å². The Balaban J connectivity index is 2.41. The van der Waals surface area contributed by atoms with E-state index >= 15 is 0 Å². The Bertz CT molecular complexity index is 721. The maximum absolute atomic E-state index is 11.9. The molecular weight excluding hydrogens is 358 g/mol. The van der Waals surface area contributed by atoms with E-state index in [2.05, 4.69) is 16.0 Å². The van der Waals surface area contributed by atoms with Gasteiger partial charge >= 0.3 is 6.09 Å². The van der Waals surface area contributed by atoms with E-state index in [1.807, 2.05) is 32.0 Å². The highest BCUT2D eigenvalue weighted by Crippen LogP contribution is 2.11. The van der Waals surface area contributed by atoms with Crippen molar-refractivity contribution in [2.75, 3.05) is 11.9 Å². The Kier molecular flexibility index (Phi) is 9.21. The summed E-state index contributed by atoms with van der Waals surface area (Å²) in [6.07, 6.45) is 2.00. The van der Waals surface area contributed by atoms with Crippen molar-refractivity contribution in [1.82, 2.24) is 10.6 Å². The molecule has 0 spiro atoms. The van der Waals surface area contributed by atoms with E-state index in [1.165, 1.54) is 0 Å². The van der Waals surface area contributed by atoms with Crippen molar-refractivity contribution >= 4 is 23.6 Å². The van der Waals surface area contributed by atoms with Crippen LogP contribution in [-0.2, 0) is 20.9 Å². The summed E-state index contributed by atoms with van der Waals surface area (Å²) in [7, 11) is 0. The number of amides is 3. The molecule has 0 radical (unpaired) electrons. The lowest BCUT2D eigenvalue weighted by Gasteiger charge is -2.19. The van der Waals surface area contributed by atoms with Crippen LogP contribution in [0.5, 0.6) is 0 Å². The summed E-state index contributed by atoms with van der Waals surface area (Å²) in [5, 5.41) is 8.14. The molecule has 0 aliphatic heterocycles. The van der Waals surface area contributed by atoms with Gasteiger partial charge < -0.3 is 20.7 Å². The fourth-order valence-electron chi connectivity index (χ4n) is 2.14. The molecule has 1 aromatic rings. The third-order valence-electron chi connectivity index (χ3n) is 3.64. The first-order valence-corrected chi connectivity index (χ1v) is 9.39. The quantitative estimate of drug-likeness (QED) is 0.593. The molecule has 1 aromatic carbocycles. The second kappa shape index (κ2) is 11.1. The van der Waals surface area contributed by atoms with Gasteiger partial charge in [0.05, 0.1) is 0 Å². The SMILES string of the molecule is CC/C(C)=C/C(=O)Nc1cccc(CNC(=O)CCNC(=O)OC(C)(C)C)c1. The zero-order valence-corrected chi connectivity index (χ0v) is 17.3. The lowest BCUT2D eigenvalue weighted by Crippen LogP contribution is -2.35. The maximum atomic E-state index is 11.9. The van der Waals surface area contributed by atoms with Gasteiger partial charge in [-0.3, -0.25) is 9.59 Å². The standard InChI is InChI=1S/C21H31N3O4/c1-6-15(2)12-19(26)24-17-9-7-8-16(13-17)14-23-18(25)10-11-22-20(27)28-21(3,4)5/h7-9,12-13H,6,10-11,14H2,1-5H3,(H,22,27)(H,23,25)(H,24,26)/b15-12+. The first-order chi connectivity index (χ1) is 13.1. The van der Waals surface area contributed by atoms with Crippen LogP contribution in [0.1, 0.15) is 53.0 Å². The van der Waals surface area contributed by atoms with Crippen LogP contribution in [0.2, 0.25) is 0 Å². The van der Waals surface area contributed by atoms with E-state index in [1.54, 1.807) is 32.9 Å². The van der Waals surface area contributed by atoms with Crippen molar-refractivity contribution in [3.05, 3.63) is 41.5 Å². The van der Waals surface area contributed by atoms with Crippen LogP contribution in [-0.4, -0.2) is 30.1 Å². The molecular formula is C21H31N3O4. The first kappa shape index (κ1) is 23.2. The normalized spacial score (nSPS) is 11.5. The Morgan fingerprint density at radius 2 is 1.86 bits per heavy atom. The molecule has 154 valence electrons. The van der Waals surface area contributed by atoms with Crippen LogP contribution >= 0.6 is 0 Å². The largest absolute Gasteiger partial charge is 0.444 e. The highest BCUT2D eigenvalue weighted by Gasteiger charge is 2.15. The highest BCUT2D eigenvalue weighted by molar-refractivity contribution is 5.99. The number of carbonyl (C=O) groups excluding carboxylic acids is 3. The molecule has 0 atom stereocenters. The molecule has 0 saturated heterocycles. The van der Waals surface area contributed by atoms with Gasteiger partial charge in [-0.2, -0.15) is 0 Å². The van der Waals surface area contributed by atoms with Gasteiger partial charge in [-0.15, -0.1) is 0 Å². The fourth-order valence-corrected chi connectivity index (χ4v) is 2.14. The van der Waals surface area contributed by atoms with Gasteiger partial charge in [0.25, 0.3) is 0 Å². The molecule has 0 aliphatic rings. The summed E-state index contributed by atoms with van der Waals surface area (Å²) in [5.41, 5.74) is 1.96. The molecule has 0 aliphatic carbocycles. The van der Waals surface area contributed by atoms with Gasteiger partial charge in [-0.25, -0.2) is 4.79 Å². The lowest BCUT2D eigenvalue weighted by atomic mass is 10.2. The highest BCUT2D eigenvalue weighted by atomic mass is 16.6. The number of allylic oxidation sites excluding steroid dienone is 1. The van der Waals surface area contributed by atoms with Gasteiger partial charge in [0.1, 0.15) is 5.60 Å². The van der Waals surface area contributed by atoms with Crippen LogP contribution in [0, 0.1) is 0 Å². The van der Waals surface area contributed by atoms with E-state index < -0.39 is 11.7 Å². The Morgan fingerprint density at radius 3 is 2.50 bits per heavy atom. The van der Waals surface area contributed by atoms with E-state index in [4.69, 9.17) is 4.74 Å². The van der Waals surface area contributed by atoms with Gasteiger partial charge in [0.2, 0.25) is 11.8 Å². The van der Waals surface area contributed by atoms with Crippen molar-refractivity contribution in [1.29, 1.82) is 0 Å². The Labute approximate surface area is 166 Å². The van der Waals surface area contributed by atoms with Crippen LogP contribution in [0.3, 0.4) is 0 Å². The van der Waals surface area contributed by atoms with Gasteiger partial charge in [-0.05, 0) is 51.8 Å². The Hall–Kier alpha value is -2.83. The van der Waals surface area contributed by atoms with Gasteiger partial charge in [-0.1, -0.05) is 24.6 Å². The van der Waals surface area contributed by atoms with E-state index in [0.29, 0.717) is 12.2 Å². The monoisotopic (exact) mass is 389 g/mol. The molecule has 0 saturated carbocycles. The zero-order valence-electron chi connectivity index (χ0n) is 17.3. The first-order valence-electron chi connectivity index (χ1n) is 9.39. The molecule has 0 fully saturated rings. The summed E-state index contributed by atoms with van der Waals surface area (Å²) in [6, 6.07) is 7.29. The third kappa shape index (κ3) is 10.4. The second-order valence-electron chi connectivity index (χ2n) is 7.49. The molecule has 0 heterocycles. The zero-order chi connectivity index (χ0) is 21.2. The van der Waals surface area contributed by atoms with Crippen LogP contribution in [0.4, 0.5) is 10.5 Å². The molecule has 7 heteroatoms. The summed E-state index contributed by atoms with van der Waals surface area (Å²) in [6.45, 7) is 9.75. The number of hydrogen-bond donors (Lipinski definition) is 3. The molecule has 1 rings (SSSR count). The number of ether oxygens (including phenoxy) is 1. The third-order valence-corrected chi connectivity index (χ3v) is 3.64. The van der Waals surface area contributed by atoms with Crippen LogP contribution in [0.15, 0.2) is 35.9 Å². The van der Waals surface area contributed by atoms with E-state index in [9.17, 15) is 14.4 Å². The smallest absolute Gasteiger partial charge is 0.407 e. The summed E-state index contributed by atoms with van der Waals surface area (Å²) in [4.78, 5) is 35.4. The minimum atomic E-state index is -0.572. The van der Waals surface area contributed by atoms with Crippen LogP contribution in [0.25, 0.3) is 0 Å². The summed E-state index contributed by atoms with van der Waals surface area (Å²) < 4.78 is 5.10. The average Bonchev–Trinajstić information content (AvgIpc) is 2.58. The molecule has 0 bridgehead atoms. The molecule has 0 unspecified atom stereocenters. The van der Waals surface area contributed by atoms with E-state index in [0.717, 1.165) is 17.6 Å². The minimum absolute atomic E-state index is 0.150. The Morgan fingerprint density at radius 1 is 1.14 bits per heavy atom. The molecule has 3 amide bonds. The maximum Gasteiger partial charge on any atom is 0.407 e. The number of benzene rings is 1. The fraction of sp³-hybridized carbons (Fsp3) is 0.476. The predicted octanol–water partition coefficient (Wildman–Crippen LogP) is 3.51. The molecule has 28 heavy (non-hydrogen) atoms. The van der Waals surface area contributed by atoms with Crippen LogP contribution < -0.4 is 16.0 Å². The van der Waals surface area contributed by atoms with Crippen molar-refractivity contribution in [3.63, 3.8) is 0 Å². The van der Waals surface area contributed by atoms with E-state index in [-0.39, 0.29) is 24.8 Å². The summed E-state index contributed by atoms with van der Waals surface area (Å²) >= 11 is 0. The number of carbonyl (C=O) groups is 3. The van der Waals surface area contributed by atoms with Crippen molar-refractivity contribution in [2.24, 2.45) is 0 Å². The number of hydrogen-bond acceptors (Lipinski definition) is 4. The molecule has 3 N–H and O–H groups in total. The number of rotatable bonds is 8. The number of alkyl carbamates (subject to hydrolysis) is 1. The number of anilines is 1. The average molecular weight is 389 g/mol. The summed E-state index contributed by atoms with van der Waals surface area (Å²) in [5.74, 6) is -0.360.